The van der Waals surface area contributed by atoms with E-state index in [0.29, 0.717) is 25.3 Å². The van der Waals surface area contributed by atoms with Crippen molar-refractivity contribution in [2.75, 3.05) is 26.0 Å². The van der Waals surface area contributed by atoms with E-state index in [2.05, 4.69) is 0 Å². The Kier molecular flexibility index (Phi) is 4.81. The highest BCUT2D eigenvalue weighted by Crippen LogP contribution is 2.47. The number of amides is 2. The molecule has 7 heteroatoms. The smallest absolute Gasteiger partial charge is 0.307 e. The minimum Gasteiger partial charge on any atom is -0.466 e. The Morgan fingerprint density at radius 3 is 2.90 bits per heavy atom. The molecule has 0 radical (unpaired) electrons. The van der Waals surface area contributed by atoms with Crippen LogP contribution in [0.1, 0.15) is 33.1 Å². The molecule has 0 aromatic heterocycles. The number of esters is 1. The molecule has 0 N–H and O–H groups in total. The molecular formula is C14H22N2O4S. The van der Waals surface area contributed by atoms with Crippen molar-refractivity contribution in [3.05, 3.63) is 0 Å². The van der Waals surface area contributed by atoms with Crippen LogP contribution in [0, 0.1) is 0 Å². The topological polar surface area (TPSA) is 66.9 Å². The van der Waals surface area contributed by atoms with Crippen LogP contribution in [-0.4, -0.2) is 64.4 Å². The van der Waals surface area contributed by atoms with E-state index in [9.17, 15) is 14.4 Å². The van der Waals surface area contributed by atoms with Gasteiger partial charge < -0.3 is 14.5 Å². The molecule has 2 atom stereocenters. The van der Waals surface area contributed by atoms with Gasteiger partial charge in [0.2, 0.25) is 11.8 Å². The Bertz CT molecular complexity index is 456. The standard InChI is InChI=1S/C14H22N2O4S/c1-4-20-12(18)6-8-15(3)13(19)10-9-21-14(2)7-5-11(17)16(10)14/h10H,4-9H2,1-3H3. The Morgan fingerprint density at radius 1 is 1.52 bits per heavy atom. The molecule has 2 aliphatic heterocycles. The Balaban J connectivity index is 1.94. The SMILES string of the molecule is CCOC(=O)CCN(C)C(=O)C1CSC2(C)CCC(=O)N12. The van der Waals surface area contributed by atoms with E-state index >= 15 is 0 Å². The predicted molar refractivity (Wildman–Crippen MR) is 79.6 cm³/mol. The van der Waals surface area contributed by atoms with Crippen LogP contribution in [0.25, 0.3) is 0 Å². The van der Waals surface area contributed by atoms with Crippen LogP contribution in [0.3, 0.4) is 0 Å². The highest BCUT2D eigenvalue weighted by molar-refractivity contribution is 8.01. The van der Waals surface area contributed by atoms with Crippen LogP contribution < -0.4 is 0 Å². The number of ether oxygens (including phenoxy) is 1. The number of rotatable bonds is 5. The van der Waals surface area contributed by atoms with Gasteiger partial charge in [0.1, 0.15) is 6.04 Å². The fourth-order valence-corrected chi connectivity index (χ4v) is 4.28. The van der Waals surface area contributed by atoms with Gasteiger partial charge in [0, 0.05) is 25.8 Å². The highest BCUT2D eigenvalue weighted by Gasteiger charge is 2.53. The number of carbonyl (C=O) groups is 3. The lowest BCUT2D eigenvalue weighted by molar-refractivity contribution is -0.146. The van der Waals surface area contributed by atoms with E-state index in [1.807, 2.05) is 6.92 Å². The molecule has 0 saturated carbocycles. The molecule has 0 aromatic carbocycles. The molecule has 6 nitrogen and oxygen atoms in total. The van der Waals surface area contributed by atoms with Crippen molar-refractivity contribution < 1.29 is 19.1 Å². The highest BCUT2D eigenvalue weighted by atomic mass is 32.2. The van der Waals surface area contributed by atoms with Crippen molar-refractivity contribution in [1.29, 1.82) is 0 Å². The van der Waals surface area contributed by atoms with Gasteiger partial charge in [-0.25, -0.2) is 0 Å². The van der Waals surface area contributed by atoms with Crippen LogP contribution in [0.2, 0.25) is 0 Å². The molecular weight excluding hydrogens is 292 g/mol. The molecule has 2 rings (SSSR count). The molecule has 118 valence electrons. The molecule has 2 amide bonds. The number of hydrogen-bond donors (Lipinski definition) is 0. The summed E-state index contributed by atoms with van der Waals surface area (Å²) in [6, 6.07) is -0.401. The quantitative estimate of drug-likeness (QED) is 0.704. The Morgan fingerprint density at radius 2 is 2.24 bits per heavy atom. The molecule has 2 aliphatic rings. The Hall–Kier alpha value is -1.24. The van der Waals surface area contributed by atoms with Gasteiger partial charge in [-0.1, -0.05) is 0 Å². The number of carbonyl (C=O) groups excluding carboxylic acids is 3. The first kappa shape index (κ1) is 16.1. The summed E-state index contributed by atoms with van der Waals surface area (Å²) in [4.78, 5) is 38.9. The van der Waals surface area contributed by atoms with E-state index < -0.39 is 6.04 Å². The van der Waals surface area contributed by atoms with Crippen molar-refractivity contribution in [3.8, 4) is 0 Å². The monoisotopic (exact) mass is 314 g/mol. The first-order chi connectivity index (χ1) is 9.89. The van der Waals surface area contributed by atoms with Crippen LogP contribution in [-0.2, 0) is 19.1 Å². The lowest BCUT2D eigenvalue weighted by Gasteiger charge is -2.31. The summed E-state index contributed by atoms with van der Waals surface area (Å²) in [6.07, 6.45) is 1.49. The second-order valence-electron chi connectivity index (χ2n) is 5.58. The third-order valence-corrected chi connectivity index (χ3v) is 5.57. The van der Waals surface area contributed by atoms with E-state index in [1.54, 1.807) is 30.6 Å². The fourth-order valence-electron chi connectivity index (χ4n) is 2.86. The number of hydrogen-bond acceptors (Lipinski definition) is 5. The van der Waals surface area contributed by atoms with Gasteiger partial charge in [-0.2, -0.15) is 0 Å². The molecule has 0 bridgehead atoms. The van der Waals surface area contributed by atoms with E-state index in [1.165, 1.54) is 4.90 Å². The van der Waals surface area contributed by atoms with Crippen molar-refractivity contribution in [3.63, 3.8) is 0 Å². The van der Waals surface area contributed by atoms with Crippen molar-refractivity contribution in [2.24, 2.45) is 0 Å². The van der Waals surface area contributed by atoms with Crippen molar-refractivity contribution >= 4 is 29.5 Å². The van der Waals surface area contributed by atoms with Gasteiger partial charge in [0.05, 0.1) is 17.9 Å². The zero-order chi connectivity index (χ0) is 15.6. The van der Waals surface area contributed by atoms with Crippen LogP contribution >= 0.6 is 11.8 Å². The summed E-state index contributed by atoms with van der Waals surface area (Å²) in [7, 11) is 1.67. The molecule has 2 unspecified atom stereocenters. The van der Waals surface area contributed by atoms with E-state index in [0.717, 1.165) is 6.42 Å². The van der Waals surface area contributed by atoms with Crippen LogP contribution in [0.4, 0.5) is 0 Å². The van der Waals surface area contributed by atoms with E-state index in [4.69, 9.17) is 4.74 Å². The maximum absolute atomic E-state index is 12.5. The van der Waals surface area contributed by atoms with E-state index in [-0.39, 0.29) is 29.1 Å². The number of fused-ring (bicyclic) bond motifs is 1. The average Bonchev–Trinajstić information content (AvgIpc) is 2.93. The summed E-state index contributed by atoms with van der Waals surface area (Å²) in [6.45, 7) is 4.44. The molecule has 2 saturated heterocycles. The normalized spacial score (nSPS) is 27.7. The van der Waals surface area contributed by atoms with Gasteiger partial charge in [0.15, 0.2) is 0 Å². The fraction of sp³-hybridized carbons (Fsp3) is 0.786. The largest absolute Gasteiger partial charge is 0.466 e. The maximum Gasteiger partial charge on any atom is 0.307 e. The first-order valence-electron chi connectivity index (χ1n) is 7.26. The van der Waals surface area contributed by atoms with Gasteiger partial charge in [0.25, 0.3) is 0 Å². The second kappa shape index (κ2) is 6.25. The minimum absolute atomic E-state index is 0.0552. The maximum atomic E-state index is 12.5. The zero-order valence-electron chi connectivity index (χ0n) is 12.8. The summed E-state index contributed by atoms with van der Waals surface area (Å²) in [5, 5.41) is 0. The number of likely N-dealkylation sites (N-methyl/N-ethyl adjacent to an activating group) is 1. The molecule has 0 spiro atoms. The Labute approximate surface area is 129 Å². The first-order valence-corrected chi connectivity index (χ1v) is 8.24. The molecule has 21 heavy (non-hydrogen) atoms. The summed E-state index contributed by atoms with van der Waals surface area (Å²) in [5.74, 6) is 0.288. The van der Waals surface area contributed by atoms with Gasteiger partial charge in [-0.05, 0) is 20.3 Å². The zero-order valence-corrected chi connectivity index (χ0v) is 13.6. The average molecular weight is 314 g/mol. The third kappa shape index (κ3) is 3.17. The lowest BCUT2D eigenvalue weighted by atomic mass is 10.2. The lowest BCUT2D eigenvalue weighted by Crippen LogP contribution is -2.50. The predicted octanol–water partition coefficient (Wildman–Crippen LogP) is 0.852. The second-order valence-corrected chi connectivity index (χ2v) is 7.08. The van der Waals surface area contributed by atoms with Crippen LogP contribution in [0.15, 0.2) is 0 Å². The number of nitrogens with zero attached hydrogens (tertiary/aromatic N) is 2. The van der Waals surface area contributed by atoms with Crippen LogP contribution in [0.5, 0.6) is 0 Å². The number of thioether (sulfide) groups is 1. The van der Waals surface area contributed by atoms with Gasteiger partial charge in [-0.3, -0.25) is 14.4 Å². The van der Waals surface area contributed by atoms with Crippen molar-refractivity contribution in [1.82, 2.24) is 9.80 Å². The molecule has 2 fully saturated rings. The molecule has 2 heterocycles. The molecule has 0 aromatic rings. The summed E-state index contributed by atoms with van der Waals surface area (Å²) < 4.78 is 4.85. The minimum atomic E-state index is -0.401. The van der Waals surface area contributed by atoms with Gasteiger partial charge >= 0.3 is 5.97 Å². The summed E-state index contributed by atoms with van der Waals surface area (Å²) >= 11 is 1.67. The van der Waals surface area contributed by atoms with Crippen molar-refractivity contribution in [2.45, 2.75) is 44.0 Å². The summed E-state index contributed by atoms with van der Waals surface area (Å²) in [5.41, 5.74) is 0. The van der Waals surface area contributed by atoms with Gasteiger partial charge in [-0.15, -0.1) is 11.8 Å². The molecule has 0 aliphatic carbocycles. The third-order valence-electron chi connectivity index (χ3n) is 4.06.